The number of anilines is 1. The van der Waals surface area contributed by atoms with Crippen LogP contribution in [-0.4, -0.2) is 37.3 Å². The van der Waals surface area contributed by atoms with Crippen LogP contribution in [0.3, 0.4) is 0 Å². The summed E-state index contributed by atoms with van der Waals surface area (Å²) in [6.45, 7) is 0.00887. The van der Waals surface area contributed by atoms with Crippen LogP contribution < -0.4 is 20.7 Å². The zero-order chi connectivity index (χ0) is 19.2. The summed E-state index contributed by atoms with van der Waals surface area (Å²) in [5.41, 5.74) is 0.958. The Kier molecular flexibility index (Phi) is 6.70. The summed E-state index contributed by atoms with van der Waals surface area (Å²) in [6, 6.07) is 4.15. The van der Waals surface area contributed by atoms with Gasteiger partial charge in [0.2, 0.25) is 5.91 Å². The third-order valence-electron chi connectivity index (χ3n) is 3.91. The van der Waals surface area contributed by atoms with Gasteiger partial charge in [0.15, 0.2) is 6.61 Å². The second-order valence-corrected chi connectivity index (χ2v) is 6.26. The molecule has 1 aliphatic rings. The Balaban J connectivity index is 1.85. The van der Waals surface area contributed by atoms with Crippen LogP contribution >= 0.6 is 0 Å². The molecule has 6 nitrogen and oxygen atoms in total. The number of hydrogen-bond donors (Lipinski definition) is 3. The number of carbonyl (C=O) groups excluding carboxylic acids is 2. The van der Waals surface area contributed by atoms with E-state index >= 15 is 0 Å². The van der Waals surface area contributed by atoms with E-state index in [0.717, 1.165) is 25.7 Å². The molecule has 0 radical (unpaired) electrons. The lowest BCUT2D eigenvalue weighted by molar-refractivity contribution is -0.153. The number of nitrogens with one attached hydrogen (secondary N) is 3. The molecular weight excluding hydrogens is 351 g/mol. The summed E-state index contributed by atoms with van der Waals surface area (Å²) in [5.74, 6) is -0.603. The topological polar surface area (TPSA) is 79.5 Å². The molecular formula is C17H22F3N3O3. The van der Waals surface area contributed by atoms with Crippen LogP contribution in [0, 0.1) is 6.92 Å². The van der Waals surface area contributed by atoms with E-state index in [1.807, 2.05) is 0 Å². The highest BCUT2D eigenvalue weighted by atomic mass is 19.4. The smallest absolute Gasteiger partial charge is 0.422 e. The number of carbonyl (C=O) groups is 2. The molecule has 0 aromatic heterocycles. The van der Waals surface area contributed by atoms with Crippen LogP contribution in [0.4, 0.5) is 23.7 Å². The number of benzene rings is 1. The lowest BCUT2D eigenvalue weighted by atomic mass is 10.2. The largest absolute Gasteiger partial charge is 0.482 e. The van der Waals surface area contributed by atoms with Crippen LogP contribution in [0.5, 0.6) is 5.75 Å². The summed E-state index contributed by atoms with van der Waals surface area (Å²) in [4.78, 5) is 23.6. The highest BCUT2D eigenvalue weighted by Crippen LogP contribution is 2.27. The maximum Gasteiger partial charge on any atom is 0.422 e. The molecule has 0 aliphatic heterocycles. The minimum absolute atomic E-state index is 0.00877. The van der Waals surface area contributed by atoms with E-state index in [4.69, 9.17) is 4.74 Å². The predicted octanol–water partition coefficient (Wildman–Crippen LogP) is 3.12. The average Bonchev–Trinajstić information content (AvgIpc) is 3.04. The summed E-state index contributed by atoms with van der Waals surface area (Å²) < 4.78 is 41.8. The van der Waals surface area contributed by atoms with E-state index in [-0.39, 0.29) is 24.0 Å². The molecule has 0 spiro atoms. The lowest BCUT2D eigenvalue weighted by Gasteiger charge is -2.16. The van der Waals surface area contributed by atoms with Gasteiger partial charge in [-0.1, -0.05) is 18.9 Å². The third-order valence-corrected chi connectivity index (χ3v) is 3.91. The standard InChI is InChI=1S/C17H22F3N3O3/c1-11-6-7-13(14(8-11)26-10-17(18,19)20)21-9-15(24)23-16(25)22-12-4-2-3-5-12/h6-8,12,21H,2-5,9-10H2,1H3,(H2,22,23,24,25). The van der Waals surface area contributed by atoms with Gasteiger partial charge in [0.05, 0.1) is 12.2 Å². The number of urea groups is 1. The fourth-order valence-corrected chi connectivity index (χ4v) is 2.69. The first-order chi connectivity index (χ1) is 12.2. The lowest BCUT2D eigenvalue weighted by Crippen LogP contribution is -2.45. The van der Waals surface area contributed by atoms with Crippen molar-refractivity contribution >= 4 is 17.6 Å². The van der Waals surface area contributed by atoms with Gasteiger partial charge in [0.25, 0.3) is 0 Å². The third kappa shape index (κ3) is 6.81. The van der Waals surface area contributed by atoms with Crippen LogP contribution in [0.2, 0.25) is 0 Å². The van der Waals surface area contributed by atoms with E-state index < -0.39 is 24.7 Å². The van der Waals surface area contributed by atoms with Crippen molar-refractivity contribution < 1.29 is 27.5 Å². The van der Waals surface area contributed by atoms with Crippen molar-refractivity contribution in [2.75, 3.05) is 18.5 Å². The second kappa shape index (κ2) is 8.77. The molecule has 9 heteroatoms. The summed E-state index contributed by atoms with van der Waals surface area (Å²) in [5, 5.41) is 7.60. The molecule has 0 atom stereocenters. The van der Waals surface area contributed by atoms with Crippen LogP contribution in [-0.2, 0) is 4.79 Å². The van der Waals surface area contributed by atoms with E-state index in [1.165, 1.54) is 12.1 Å². The van der Waals surface area contributed by atoms with E-state index in [2.05, 4.69) is 16.0 Å². The van der Waals surface area contributed by atoms with Gasteiger partial charge < -0.3 is 15.4 Å². The Bertz CT molecular complexity index is 644. The van der Waals surface area contributed by atoms with Crippen LogP contribution in [0.1, 0.15) is 31.2 Å². The van der Waals surface area contributed by atoms with Gasteiger partial charge in [-0.3, -0.25) is 10.1 Å². The zero-order valence-corrected chi connectivity index (χ0v) is 14.4. The predicted molar refractivity (Wildman–Crippen MR) is 90.1 cm³/mol. The molecule has 0 unspecified atom stereocenters. The molecule has 3 N–H and O–H groups in total. The molecule has 1 aromatic rings. The molecule has 3 amide bonds. The monoisotopic (exact) mass is 373 g/mol. The highest BCUT2D eigenvalue weighted by molar-refractivity contribution is 5.96. The Morgan fingerprint density at radius 1 is 1.23 bits per heavy atom. The molecule has 1 fully saturated rings. The Labute approximate surface area is 149 Å². The number of amides is 3. The van der Waals surface area contributed by atoms with Crippen LogP contribution in [0.15, 0.2) is 18.2 Å². The van der Waals surface area contributed by atoms with Crippen molar-refractivity contribution in [3.63, 3.8) is 0 Å². The highest BCUT2D eigenvalue weighted by Gasteiger charge is 2.29. The van der Waals surface area contributed by atoms with Gasteiger partial charge in [0, 0.05) is 6.04 Å². The van der Waals surface area contributed by atoms with Gasteiger partial charge in [-0.15, -0.1) is 0 Å². The Hall–Kier alpha value is -2.45. The fraction of sp³-hybridized carbons (Fsp3) is 0.529. The minimum atomic E-state index is -4.46. The normalized spacial score (nSPS) is 14.8. The maximum atomic E-state index is 12.3. The molecule has 1 aliphatic carbocycles. The molecule has 1 aromatic carbocycles. The van der Waals surface area contributed by atoms with Crippen molar-refractivity contribution in [1.29, 1.82) is 0 Å². The summed E-state index contributed by atoms with van der Waals surface area (Å²) in [6.07, 6.45) is -0.577. The number of hydrogen-bond acceptors (Lipinski definition) is 4. The fourth-order valence-electron chi connectivity index (χ4n) is 2.69. The first kappa shape index (κ1) is 19.9. The Morgan fingerprint density at radius 3 is 2.58 bits per heavy atom. The molecule has 2 rings (SSSR count). The minimum Gasteiger partial charge on any atom is -0.482 e. The van der Waals surface area contributed by atoms with E-state index in [1.54, 1.807) is 13.0 Å². The van der Waals surface area contributed by atoms with Crippen LogP contribution in [0.25, 0.3) is 0 Å². The molecule has 1 saturated carbocycles. The summed E-state index contributed by atoms with van der Waals surface area (Å²) >= 11 is 0. The summed E-state index contributed by atoms with van der Waals surface area (Å²) in [7, 11) is 0. The number of rotatable bonds is 6. The number of ether oxygens (including phenoxy) is 1. The van der Waals surface area contributed by atoms with E-state index in [9.17, 15) is 22.8 Å². The second-order valence-electron chi connectivity index (χ2n) is 6.26. The number of halogens is 3. The van der Waals surface area contributed by atoms with Gasteiger partial charge in [-0.2, -0.15) is 13.2 Å². The van der Waals surface area contributed by atoms with Crippen molar-refractivity contribution in [3.8, 4) is 5.75 Å². The zero-order valence-electron chi connectivity index (χ0n) is 14.4. The molecule has 26 heavy (non-hydrogen) atoms. The number of alkyl halides is 3. The van der Waals surface area contributed by atoms with Gasteiger partial charge in [0.1, 0.15) is 5.75 Å². The van der Waals surface area contributed by atoms with Gasteiger partial charge in [-0.25, -0.2) is 4.79 Å². The van der Waals surface area contributed by atoms with Crippen molar-refractivity contribution in [3.05, 3.63) is 23.8 Å². The van der Waals surface area contributed by atoms with Gasteiger partial charge in [-0.05, 0) is 37.5 Å². The number of aryl methyl sites for hydroxylation is 1. The first-order valence-corrected chi connectivity index (χ1v) is 8.37. The molecule has 0 saturated heterocycles. The van der Waals surface area contributed by atoms with Gasteiger partial charge >= 0.3 is 12.2 Å². The van der Waals surface area contributed by atoms with Crippen molar-refractivity contribution in [1.82, 2.24) is 10.6 Å². The molecule has 0 bridgehead atoms. The Morgan fingerprint density at radius 2 is 1.92 bits per heavy atom. The molecule has 144 valence electrons. The van der Waals surface area contributed by atoms with E-state index in [0.29, 0.717) is 5.56 Å². The average molecular weight is 373 g/mol. The SMILES string of the molecule is Cc1ccc(NCC(=O)NC(=O)NC2CCCC2)c(OCC(F)(F)F)c1. The maximum absolute atomic E-state index is 12.3. The number of imide groups is 1. The molecule has 0 heterocycles. The first-order valence-electron chi connectivity index (χ1n) is 8.37. The van der Waals surface area contributed by atoms with Crippen molar-refractivity contribution in [2.45, 2.75) is 44.8 Å². The van der Waals surface area contributed by atoms with Crippen molar-refractivity contribution in [2.24, 2.45) is 0 Å². The quantitative estimate of drug-likeness (QED) is 0.716.